The third-order valence-corrected chi connectivity index (χ3v) is 3.17. The van der Waals surface area contributed by atoms with Gasteiger partial charge in [-0.1, -0.05) is 0 Å². The number of nitrogen functional groups attached to an aromatic ring is 1. The highest BCUT2D eigenvalue weighted by Crippen LogP contribution is 2.30. The molecule has 0 saturated carbocycles. The highest BCUT2D eigenvalue weighted by atomic mass is 16.6. The number of nitrogens with two attached hydrogens (primary N) is 2. The summed E-state index contributed by atoms with van der Waals surface area (Å²) < 4.78 is 7.10. The van der Waals surface area contributed by atoms with Crippen LogP contribution in [-0.4, -0.2) is 43.4 Å². The summed E-state index contributed by atoms with van der Waals surface area (Å²) in [5, 5.41) is 10.0. The Kier molecular flexibility index (Phi) is 3.14. The van der Waals surface area contributed by atoms with Gasteiger partial charge in [-0.2, -0.15) is 4.98 Å². The van der Waals surface area contributed by atoms with Gasteiger partial charge in [0, 0.05) is 6.42 Å². The Bertz CT molecular complexity index is 682. The molecule has 3 rings (SSSR count). The van der Waals surface area contributed by atoms with Gasteiger partial charge >= 0.3 is 0 Å². The standard InChI is InChI=1S/C10H14N6O4/c11-10-14-7-6(8(18)15-10)13-3-16(7)9-5(17)1-4(20-9)2-19-12/h3-5,9,17H,1-2,12H2,(H3,11,14,15,18)/t4-,5+,9+/m0/s1. The van der Waals surface area contributed by atoms with Crippen molar-refractivity contribution in [1.82, 2.24) is 19.5 Å². The average molecular weight is 282 g/mol. The lowest BCUT2D eigenvalue weighted by atomic mass is 10.2. The minimum absolute atomic E-state index is 0.0291. The molecule has 1 saturated heterocycles. The maximum atomic E-state index is 11.7. The predicted molar refractivity (Wildman–Crippen MR) is 67.2 cm³/mol. The predicted octanol–water partition coefficient (Wildman–Crippen LogP) is -1.76. The number of hydrogen-bond acceptors (Lipinski definition) is 8. The van der Waals surface area contributed by atoms with Crippen molar-refractivity contribution in [1.29, 1.82) is 0 Å². The molecule has 10 nitrogen and oxygen atoms in total. The molecule has 6 N–H and O–H groups in total. The molecule has 0 amide bonds. The average Bonchev–Trinajstić information content (AvgIpc) is 2.93. The van der Waals surface area contributed by atoms with Crippen LogP contribution in [0.2, 0.25) is 0 Å². The highest BCUT2D eigenvalue weighted by Gasteiger charge is 2.36. The van der Waals surface area contributed by atoms with Crippen molar-refractivity contribution in [2.45, 2.75) is 24.9 Å². The first-order chi connectivity index (χ1) is 9.60. The Morgan fingerprint density at radius 1 is 1.65 bits per heavy atom. The zero-order valence-electron chi connectivity index (χ0n) is 10.4. The van der Waals surface area contributed by atoms with Crippen LogP contribution >= 0.6 is 0 Å². The second-order valence-corrected chi connectivity index (χ2v) is 4.56. The zero-order valence-corrected chi connectivity index (χ0v) is 10.4. The van der Waals surface area contributed by atoms with Crippen LogP contribution in [0.4, 0.5) is 5.95 Å². The lowest BCUT2D eigenvalue weighted by molar-refractivity contribution is -0.0605. The molecule has 10 heteroatoms. The minimum atomic E-state index is -0.783. The van der Waals surface area contributed by atoms with E-state index in [-0.39, 0.29) is 29.8 Å². The summed E-state index contributed by atoms with van der Waals surface area (Å²) in [5.74, 6) is 4.96. The summed E-state index contributed by atoms with van der Waals surface area (Å²) in [6.45, 7) is 0.163. The van der Waals surface area contributed by atoms with Gasteiger partial charge in [0.05, 0.1) is 19.0 Å². The Hall–Kier alpha value is -2.01. The summed E-state index contributed by atoms with van der Waals surface area (Å²) in [5.41, 5.74) is 5.46. The molecule has 0 unspecified atom stereocenters. The maximum absolute atomic E-state index is 11.7. The number of nitrogens with zero attached hydrogens (tertiary/aromatic N) is 3. The second-order valence-electron chi connectivity index (χ2n) is 4.56. The molecule has 2 aromatic rings. The van der Waals surface area contributed by atoms with Crippen LogP contribution in [0, 0.1) is 0 Å². The number of aliphatic hydroxyl groups is 1. The fraction of sp³-hybridized carbons (Fsp3) is 0.500. The van der Waals surface area contributed by atoms with Gasteiger partial charge < -0.3 is 20.4 Å². The molecule has 0 aliphatic carbocycles. The van der Waals surface area contributed by atoms with Gasteiger partial charge in [-0.3, -0.25) is 14.3 Å². The number of hydrogen-bond donors (Lipinski definition) is 4. The molecule has 1 aliphatic heterocycles. The van der Waals surface area contributed by atoms with Crippen LogP contribution in [0.3, 0.4) is 0 Å². The quantitative estimate of drug-likeness (QED) is 0.483. The maximum Gasteiger partial charge on any atom is 0.280 e. The summed E-state index contributed by atoms with van der Waals surface area (Å²) >= 11 is 0. The van der Waals surface area contributed by atoms with Crippen molar-refractivity contribution >= 4 is 17.1 Å². The first kappa shape index (κ1) is 13.0. The topological polar surface area (TPSA) is 154 Å². The molecule has 0 bridgehead atoms. The molecule has 2 aromatic heterocycles. The molecule has 0 spiro atoms. The number of aromatic amines is 1. The normalized spacial score (nSPS) is 26.4. The molecular formula is C10H14N6O4. The van der Waals surface area contributed by atoms with Crippen LogP contribution in [-0.2, 0) is 9.57 Å². The van der Waals surface area contributed by atoms with Crippen molar-refractivity contribution in [2.75, 3.05) is 12.3 Å². The van der Waals surface area contributed by atoms with E-state index in [0.29, 0.717) is 6.42 Å². The van der Waals surface area contributed by atoms with Crippen molar-refractivity contribution in [3.63, 3.8) is 0 Å². The van der Waals surface area contributed by atoms with Crippen molar-refractivity contribution < 1.29 is 14.7 Å². The minimum Gasteiger partial charge on any atom is -0.388 e. The summed E-state index contributed by atoms with van der Waals surface area (Å²) in [6, 6.07) is 0. The van der Waals surface area contributed by atoms with E-state index in [4.69, 9.17) is 16.4 Å². The Labute approximate surface area is 112 Å². The van der Waals surface area contributed by atoms with Gasteiger partial charge in [-0.05, 0) is 0 Å². The number of fused-ring (bicyclic) bond motifs is 1. The fourth-order valence-corrected chi connectivity index (χ4v) is 2.32. The van der Waals surface area contributed by atoms with Gasteiger partial charge in [0.2, 0.25) is 5.95 Å². The number of H-pyrrole nitrogens is 1. The van der Waals surface area contributed by atoms with E-state index in [9.17, 15) is 9.90 Å². The van der Waals surface area contributed by atoms with Crippen molar-refractivity contribution in [2.24, 2.45) is 5.90 Å². The molecule has 0 radical (unpaired) electrons. The summed E-state index contributed by atoms with van der Waals surface area (Å²) in [6.07, 6.45) is -0.0907. The lowest BCUT2D eigenvalue weighted by Gasteiger charge is -2.16. The molecular weight excluding hydrogens is 268 g/mol. The van der Waals surface area contributed by atoms with Crippen LogP contribution in [0.25, 0.3) is 11.2 Å². The van der Waals surface area contributed by atoms with Gasteiger partial charge in [0.25, 0.3) is 5.56 Å². The van der Waals surface area contributed by atoms with Gasteiger partial charge in [-0.15, -0.1) is 0 Å². The Morgan fingerprint density at radius 3 is 3.20 bits per heavy atom. The van der Waals surface area contributed by atoms with Gasteiger partial charge in [0.1, 0.15) is 6.10 Å². The van der Waals surface area contributed by atoms with Crippen LogP contribution in [0.1, 0.15) is 12.6 Å². The second kappa shape index (κ2) is 4.83. The molecule has 3 heterocycles. The van der Waals surface area contributed by atoms with E-state index in [0.717, 1.165) is 0 Å². The molecule has 20 heavy (non-hydrogen) atoms. The van der Waals surface area contributed by atoms with Crippen molar-refractivity contribution in [3.8, 4) is 0 Å². The SMILES string of the molecule is NOC[C@@H]1C[C@@H](O)[C@H](n2cnc3c(=O)[nH]c(N)nc32)O1. The number of imidazole rings is 1. The van der Waals surface area contributed by atoms with E-state index in [1.807, 2.05) is 0 Å². The first-order valence-electron chi connectivity index (χ1n) is 5.97. The molecule has 3 atom stereocenters. The monoisotopic (exact) mass is 282 g/mol. The van der Waals surface area contributed by atoms with E-state index >= 15 is 0 Å². The molecule has 0 aromatic carbocycles. The smallest absolute Gasteiger partial charge is 0.280 e. The van der Waals surface area contributed by atoms with E-state index < -0.39 is 17.9 Å². The first-order valence-corrected chi connectivity index (χ1v) is 5.97. The number of anilines is 1. The van der Waals surface area contributed by atoms with E-state index in [1.54, 1.807) is 0 Å². The fourth-order valence-electron chi connectivity index (χ4n) is 2.32. The molecule has 1 fully saturated rings. The van der Waals surface area contributed by atoms with Crippen LogP contribution in [0.5, 0.6) is 0 Å². The van der Waals surface area contributed by atoms with Crippen molar-refractivity contribution in [3.05, 3.63) is 16.7 Å². The zero-order chi connectivity index (χ0) is 14.3. The summed E-state index contributed by atoms with van der Waals surface area (Å²) in [4.78, 5) is 26.5. The van der Waals surface area contributed by atoms with E-state index in [2.05, 4.69) is 19.8 Å². The number of aliphatic hydroxyl groups excluding tert-OH is 1. The van der Waals surface area contributed by atoms with Crippen LogP contribution < -0.4 is 17.2 Å². The molecule has 1 aliphatic rings. The number of rotatable bonds is 3. The number of ether oxygens (including phenoxy) is 1. The Balaban J connectivity index is 2.01. The highest BCUT2D eigenvalue weighted by molar-refractivity contribution is 5.70. The largest absolute Gasteiger partial charge is 0.388 e. The third-order valence-electron chi connectivity index (χ3n) is 3.17. The molecule has 108 valence electrons. The van der Waals surface area contributed by atoms with Gasteiger partial charge in [-0.25, -0.2) is 10.9 Å². The number of nitrogens with one attached hydrogen (secondary N) is 1. The number of aromatic nitrogens is 4. The van der Waals surface area contributed by atoms with Gasteiger partial charge in [0.15, 0.2) is 17.4 Å². The van der Waals surface area contributed by atoms with Crippen LogP contribution in [0.15, 0.2) is 11.1 Å². The lowest BCUT2D eigenvalue weighted by Crippen LogP contribution is -2.21. The summed E-state index contributed by atoms with van der Waals surface area (Å²) in [7, 11) is 0. The van der Waals surface area contributed by atoms with E-state index in [1.165, 1.54) is 10.9 Å². The Morgan fingerprint density at radius 2 is 2.45 bits per heavy atom. The third kappa shape index (κ3) is 2.04.